The Hall–Kier alpha value is -1.34. The van der Waals surface area contributed by atoms with Crippen molar-refractivity contribution < 1.29 is 9.90 Å². The molecule has 0 spiro atoms. The van der Waals surface area contributed by atoms with Crippen LogP contribution < -0.4 is 10.7 Å². The number of carbonyl (C=O) groups is 1. The summed E-state index contributed by atoms with van der Waals surface area (Å²) in [5, 5.41) is 11.5. The van der Waals surface area contributed by atoms with Crippen molar-refractivity contribution in [2.24, 2.45) is 5.92 Å². The number of aryl methyl sites for hydroxylation is 1. The molecule has 2 aromatic heterocycles. The van der Waals surface area contributed by atoms with Crippen LogP contribution in [0.4, 0.5) is 0 Å². The first-order valence-electron chi connectivity index (χ1n) is 6.42. The van der Waals surface area contributed by atoms with E-state index in [-0.39, 0.29) is 11.3 Å². The lowest BCUT2D eigenvalue weighted by Crippen LogP contribution is -2.24. The third-order valence-corrected chi connectivity index (χ3v) is 5.47. The van der Waals surface area contributed by atoms with Crippen molar-refractivity contribution in [1.29, 1.82) is 0 Å². The molecule has 7 heteroatoms. The van der Waals surface area contributed by atoms with Gasteiger partial charge in [0.2, 0.25) is 0 Å². The SMILES string of the molecule is CC1CCc2c(sc3nc(SCC(=O)[O-])[nH]c(=O)c23)C1. The number of hydrogen-bond acceptors (Lipinski definition) is 6. The predicted molar refractivity (Wildman–Crippen MR) is 77.2 cm³/mol. The molecule has 0 amide bonds. The number of rotatable bonds is 3. The van der Waals surface area contributed by atoms with E-state index in [0.717, 1.165) is 36.6 Å². The molecule has 1 unspecified atom stereocenters. The van der Waals surface area contributed by atoms with E-state index in [0.29, 0.717) is 21.3 Å². The Kier molecular flexibility index (Phi) is 3.55. The van der Waals surface area contributed by atoms with E-state index in [1.54, 1.807) is 11.3 Å². The molecule has 0 bridgehead atoms. The second kappa shape index (κ2) is 5.21. The van der Waals surface area contributed by atoms with Crippen molar-refractivity contribution in [3.63, 3.8) is 0 Å². The van der Waals surface area contributed by atoms with Crippen LogP contribution in [0, 0.1) is 5.92 Å². The van der Waals surface area contributed by atoms with E-state index in [1.807, 2.05) is 0 Å². The van der Waals surface area contributed by atoms with E-state index in [4.69, 9.17) is 0 Å². The van der Waals surface area contributed by atoms with Gasteiger partial charge in [0, 0.05) is 10.6 Å². The summed E-state index contributed by atoms with van der Waals surface area (Å²) in [6.45, 7) is 2.21. The molecule has 1 aliphatic rings. The second-order valence-corrected chi connectivity index (χ2v) is 7.11. The quantitative estimate of drug-likeness (QED) is 0.674. The van der Waals surface area contributed by atoms with Crippen LogP contribution in [0.1, 0.15) is 23.8 Å². The van der Waals surface area contributed by atoms with Gasteiger partial charge in [-0.2, -0.15) is 0 Å². The van der Waals surface area contributed by atoms with Gasteiger partial charge in [0.1, 0.15) is 4.83 Å². The zero-order valence-electron chi connectivity index (χ0n) is 10.9. The first-order chi connectivity index (χ1) is 9.54. The molecule has 0 radical (unpaired) electrons. The molecule has 0 fully saturated rings. The summed E-state index contributed by atoms with van der Waals surface area (Å²) in [5.41, 5.74) is 0.969. The Balaban J connectivity index is 2.05. The normalized spacial score (nSPS) is 18.1. The van der Waals surface area contributed by atoms with Gasteiger partial charge in [-0.15, -0.1) is 11.3 Å². The lowest BCUT2D eigenvalue weighted by Gasteiger charge is -2.17. The molecule has 1 atom stereocenters. The summed E-state index contributed by atoms with van der Waals surface area (Å²) in [7, 11) is 0. The first kappa shape index (κ1) is 13.6. The summed E-state index contributed by atoms with van der Waals surface area (Å²) in [4.78, 5) is 31.7. The fraction of sp³-hybridized carbons (Fsp3) is 0.462. The molecule has 0 aromatic carbocycles. The van der Waals surface area contributed by atoms with Crippen molar-refractivity contribution >= 4 is 39.3 Å². The average molecular weight is 309 g/mol. The number of carbonyl (C=O) groups excluding carboxylic acids is 1. The highest BCUT2D eigenvalue weighted by Gasteiger charge is 2.22. The molecule has 20 heavy (non-hydrogen) atoms. The molecule has 2 aromatic rings. The second-order valence-electron chi connectivity index (χ2n) is 5.06. The maximum Gasteiger partial charge on any atom is 0.260 e. The van der Waals surface area contributed by atoms with Gasteiger partial charge in [-0.05, 0) is 30.7 Å². The first-order valence-corrected chi connectivity index (χ1v) is 8.22. The summed E-state index contributed by atoms with van der Waals surface area (Å²) in [6.07, 6.45) is 3.02. The third kappa shape index (κ3) is 2.47. The largest absolute Gasteiger partial charge is 0.549 e. The van der Waals surface area contributed by atoms with E-state index >= 15 is 0 Å². The lowest BCUT2D eigenvalue weighted by molar-refractivity contribution is -0.301. The van der Waals surface area contributed by atoms with Gasteiger partial charge in [-0.25, -0.2) is 4.98 Å². The topological polar surface area (TPSA) is 85.9 Å². The standard InChI is InChI=1S/C13H14N2O3S2/c1-6-2-3-7-8(4-6)20-12-10(7)11(18)14-13(15-12)19-5-9(16)17/h6H,2-5H2,1H3,(H,16,17)(H,14,15,18)/p-1. The van der Waals surface area contributed by atoms with Gasteiger partial charge in [0.15, 0.2) is 5.16 Å². The van der Waals surface area contributed by atoms with Crippen molar-refractivity contribution in [3.8, 4) is 0 Å². The van der Waals surface area contributed by atoms with Gasteiger partial charge >= 0.3 is 0 Å². The van der Waals surface area contributed by atoms with Crippen molar-refractivity contribution in [2.45, 2.75) is 31.3 Å². The summed E-state index contributed by atoms with van der Waals surface area (Å²) >= 11 is 2.54. The number of H-pyrrole nitrogens is 1. The Labute approximate surface area is 123 Å². The van der Waals surface area contributed by atoms with Gasteiger partial charge in [-0.1, -0.05) is 18.7 Å². The number of thiophene rings is 1. The van der Waals surface area contributed by atoms with Crippen LogP contribution in [0.2, 0.25) is 0 Å². The van der Waals surface area contributed by atoms with Gasteiger partial charge in [-0.3, -0.25) is 4.79 Å². The summed E-state index contributed by atoms with van der Waals surface area (Å²) in [5.74, 6) is -0.741. The molecular weight excluding hydrogens is 296 g/mol. The molecule has 3 rings (SSSR count). The average Bonchev–Trinajstić information content (AvgIpc) is 2.73. The Bertz CT molecular complexity index is 735. The molecule has 1 aliphatic carbocycles. The van der Waals surface area contributed by atoms with E-state index in [1.165, 1.54) is 4.88 Å². The fourth-order valence-electron chi connectivity index (χ4n) is 2.52. The zero-order chi connectivity index (χ0) is 14.3. The highest BCUT2D eigenvalue weighted by atomic mass is 32.2. The maximum atomic E-state index is 12.2. The van der Waals surface area contributed by atoms with Gasteiger partial charge < -0.3 is 14.9 Å². The minimum absolute atomic E-state index is 0.164. The smallest absolute Gasteiger partial charge is 0.260 e. The van der Waals surface area contributed by atoms with Crippen LogP contribution in [-0.2, 0) is 17.6 Å². The minimum Gasteiger partial charge on any atom is -0.549 e. The molecule has 106 valence electrons. The molecule has 0 aliphatic heterocycles. The van der Waals surface area contributed by atoms with Gasteiger partial charge in [0.25, 0.3) is 5.56 Å². The third-order valence-electron chi connectivity index (χ3n) is 3.47. The Morgan fingerprint density at radius 3 is 3.15 bits per heavy atom. The molecule has 5 nitrogen and oxygen atoms in total. The van der Waals surface area contributed by atoms with Crippen molar-refractivity contribution in [2.75, 3.05) is 5.75 Å². The van der Waals surface area contributed by atoms with Crippen LogP contribution in [0.5, 0.6) is 0 Å². The van der Waals surface area contributed by atoms with Crippen LogP contribution in [-0.4, -0.2) is 21.7 Å². The maximum absolute atomic E-state index is 12.2. The number of aromatic nitrogens is 2. The molecule has 2 heterocycles. The zero-order valence-corrected chi connectivity index (χ0v) is 12.5. The number of hydrogen-bond donors (Lipinski definition) is 1. The Morgan fingerprint density at radius 2 is 2.40 bits per heavy atom. The molecule has 0 saturated heterocycles. The Morgan fingerprint density at radius 1 is 1.60 bits per heavy atom. The number of thioether (sulfide) groups is 1. The monoisotopic (exact) mass is 309 g/mol. The van der Waals surface area contributed by atoms with Crippen LogP contribution in [0.3, 0.4) is 0 Å². The predicted octanol–water partition coefficient (Wildman–Crippen LogP) is 0.951. The van der Waals surface area contributed by atoms with E-state index in [2.05, 4.69) is 16.9 Å². The lowest BCUT2D eigenvalue weighted by atomic mass is 9.89. The highest BCUT2D eigenvalue weighted by Crippen LogP contribution is 2.35. The molecular formula is C13H13N2O3S2-. The number of fused-ring (bicyclic) bond motifs is 3. The fourth-order valence-corrected chi connectivity index (χ4v) is 4.54. The van der Waals surface area contributed by atoms with Crippen LogP contribution >= 0.6 is 23.1 Å². The van der Waals surface area contributed by atoms with Crippen molar-refractivity contribution in [1.82, 2.24) is 9.97 Å². The van der Waals surface area contributed by atoms with Crippen molar-refractivity contribution in [3.05, 3.63) is 20.8 Å². The number of carboxylic acids is 1. The minimum atomic E-state index is -1.17. The van der Waals surface area contributed by atoms with Crippen LogP contribution in [0.15, 0.2) is 9.95 Å². The molecule has 0 saturated carbocycles. The number of carboxylic acid groups (broad SMARTS) is 1. The van der Waals surface area contributed by atoms with Gasteiger partial charge in [0.05, 0.1) is 11.4 Å². The number of aromatic amines is 1. The van der Waals surface area contributed by atoms with E-state index in [9.17, 15) is 14.7 Å². The number of nitrogens with zero attached hydrogens (tertiary/aromatic N) is 1. The van der Waals surface area contributed by atoms with Crippen LogP contribution in [0.25, 0.3) is 10.2 Å². The molecule has 1 N–H and O–H groups in total. The summed E-state index contributed by atoms with van der Waals surface area (Å²) < 4.78 is 0. The number of aliphatic carboxylic acids is 1. The number of nitrogens with one attached hydrogen (secondary N) is 1. The highest BCUT2D eigenvalue weighted by molar-refractivity contribution is 7.99. The summed E-state index contributed by atoms with van der Waals surface area (Å²) in [6, 6.07) is 0. The van der Waals surface area contributed by atoms with E-state index < -0.39 is 5.97 Å².